The van der Waals surface area contributed by atoms with Crippen LogP contribution in [0.3, 0.4) is 0 Å². The lowest BCUT2D eigenvalue weighted by Crippen LogP contribution is -1.78. The lowest BCUT2D eigenvalue weighted by molar-refractivity contribution is 0.112. The molecule has 0 saturated heterocycles. The van der Waals surface area contributed by atoms with Crippen molar-refractivity contribution in [2.75, 3.05) is 0 Å². The fraction of sp³-hybridized carbons (Fsp3) is 0. The van der Waals surface area contributed by atoms with Gasteiger partial charge in [0.15, 0.2) is 6.29 Å². The van der Waals surface area contributed by atoms with Crippen molar-refractivity contribution in [2.45, 2.75) is 9.92 Å². The maximum atomic E-state index is 10.4. The molecular weight excluding hydrogens is 216 g/mol. The highest BCUT2D eigenvalue weighted by atomic mass is 32.2. The number of rotatable bonds is 3. The number of carbonyl (C=O) groups excluding carboxylic acids is 1. The summed E-state index contributed by atoms with van der Waals surface area (Å²) in [7, 11) is 0. The molecule has 0 spiro atoms. The molecule has 3 nitrogen and oxygen atoms in total. The van der Waals surface area contributed by atoms with E-state index >= 15 is 0 Å². The molecule has 0 saturated carbocycles. The van der Waals surface area contributed by atoms with E-state index in [1.807, 2.05) is 17.5 Å². The third-order valence-corrected chi connectivity index (χ3v) is 3.42. The molecule has 0 bridgehead atoms. The van der Waals surface area contributed by atoms with Crippen LogP contribution in [0.15, 0.2) is 40.0 Å². The molecule has 0 aliphatic heterocycles. The number of hydrogen-bond donors (Lipinski definition) is 0. The molecule has 0 aromatic carbocycles. The minimum Gasteiger partial charge on any atom is -0.297 e. The molecule has 2 rings (SSSR count). The first-order valence-electron chi connectivity index (χ1n) is 3.86. The minimum absolute atomic E-state index is 0.738. The summed E-state index contributed by atoms with van der Waals surface area (Å²) in [6.07, 6.45) is 4.06. The fourth-order valence-electron chi connectivity index (χ4n) is 0.909. The van der Waals surface area contributed by atoms with E-state index in [2.05, 4.69) is 9.97 Å². The summed E-state index contributed by atoms with van der Waals surface area (Å²) in [4.78, 5) is 20.1. The van der Waals surface area contributed by atoms with E-state index in [4.69, 9.17) is 0 Å². The van der Waals surface area contributed by atoms with Gasteiger partial charge in [-0.2, -0.15) is 0 Å². The van der Waals surface area contributed by atoms with Gasteiger partial charge in [0.1, 0.15) is 11.4 Å². The standard InChI is InChI=1S/C9H6N2OS2/c12-4-7-3-8(5-13-7)14-9-1-2-10-6-11-9/h1-6H. The number of nitrogens with zero attached hydrogens (tertiary/aromatic N) is 2. The summed E-state index contributed by atoms with van der Waals surface area (Å²) in [5.41, 5.74) is 0. The van der Waals surface area contributed by atoms with Crippen LogP contribution in [0.1, 0.15) is 9.67 Å². The summed E-state index contributed by atoms with van der Waals surface area (Å²) in [5, 5.41) is 2.83. The Morgan fingerprint density at radius 2 is 2.43 bits per heavy atom. The Hall–Kier alpha value is -1.20. The number of thiophene rings is 1. The Labute approximate surface area is 89.2 Å². The molecule has 0 N–H and O–H groups in total. The van der Waals surface area contributed by atoms with Crippen LogP contribution in [0.4, 0.5) is 0 Å². The van der Waals surface area contributed by atoms with Crippen LogP contribution in [0.5, 0.6) is 0 Å². The second kappa shape index (κ2) is 4.34. The van der Waals surface area contributed by atoms with Gasteiger partial charge in [0.05, 0.1) is 4.88 Å². The van der Waals surface area contributed by atoms with Gasteiger partial charge in [-0.15, -0.1) is 11.3 Å². The van der Waals surface area contributed by atoms with Crippen molar-refractivity contribution in [1.82, 2.24) is 9.97 Å². The summed E-state index contributed by atoms with van der Waals surface area (Å²) in [6, 6.07) is 3.69. The first-order chi connectivity index (χ1) is 6.88. The Kier molecular flexibility index (Phi) is 2.90. The molecule has 70 valence electrons. The highest BCUT2D eigenvalue weighted by Gasteiger charge is 2.01. The van der Waals surface area contributed by atoms with E-state index in [-0.39, 0.29) is 0 Å². The number of aromatic nitrogens is 2. The molecule has 2 aromatic rings. The summed E-state index contributed by atoms with van der Waals surface area (Å²) >= 11 is 2.96. The molecule has 2 aromatic heterocycles. The Bertz CT molecular complexity index is 427. The second-order valence-corrected chi connectivity index (χ2v) is 4.49. The van der Waals surface area contributed by atoms with Crippen LogP contribution < -0.4 is 0 Å². The van der Waals surface area contributed by atoms with Gasteiger partial charge in [0.25, 0.3) is 0 Å². The van der Waals surface area contributed by atoms with Crippen molar-refractivity contribution in [1.29, 1.82) is 0 Å². The Morgan fingerprint density at radius 3 is 3.07 bits per heavy atom. The predicted molar refractivity (Wildman–Crippen MR) is 55.9 cm³/mol. The second-order valence-electron chi connectivity index (χ2n) is 2.45. The topological polar surface area (TPSA) is 42.9 Å². The Balaban J connectivity index is 2.15. The molecule has 0 unspecified atom stereocenters. The SMILES string of the molecule is O=Cc1cc(Sc2ccncn2)cs1. The van der Waals surface area contributed by atoms with Crippen LogP contribution in [-0.2, 0) is 0 Å². The van der Waals surface area contributed by atoms with Crippen LogP contribution in [0, 0.1) is 0 Å². The monoisotopic (exact) mass is 222 g/mol. The van der Waals surface area contributed by atoms with Crippen molar-refractivity contribution >= 4 is 29.4 Å². The van der Waals surface area contributed by atoms with Crippen LogP contribution in [0.25, 0.3) is 0 Å². The van der Waals surface area contributed by atoms with Crippen molar-refractivity contribution in [3.63, 3.8) is 0 Å². The number of aldehydes is 1. The maximum absolute atomic E-state index is 10.4. The summed E-state index contributed by atoms with van der Waals surface area (Å²) in [6.45, 7) is 0. The largest absolute Gasteiger partial charge is 0.297 e. The van der Waals surface area contributed by atoms with Crippen molar-refractivity contribution in [3.8, 4) is 0 Å². The van der Waals surface area contributed by atoms with Crippen molar-refractivity contribution < 1.29 is 4.79 Å². The minimum atomic E-state index is 0.738. The molecule has 0 atom stereocenters. The van der Waals surface area contributed by atoms with E-state index in [0.717, 1.165) is 21.1 Å². The lowest BCUT2D eigenvalue weighted by atomic mass is 10.5. The van der Waals surface area contributed by atoms with Gasteiger partial charge >= 0.3 is 0 Å². The van der Waals surface area contributed by atoms with Gasteiger partial charge in [-0.05, 0) is 12.1 Å². The molecule has 5 heteroatoms. The average molecular weight is 222 g/mol. The van der Waals surface area contributed by atoms with Gasteiger partial charge in [-0.1, -0.05) is 11.8 Å². The van der Waals surface area contributed by atoms with Crippen molar-refractivity contribution in [2.24, 2.45) is 0 Å². The number of hydrogen-bond acceptors (Lipinski definition) is 5. The highest BCUT2D eigenvalue weighted by molar-refractivity contribution is 7.99. The maximum Gasteiger partial charge on any atom is 0.160 e. The molecule has 0 aliphatic rings. The van der Waals surface area contributed by atoms with Crippen LogP contribution >= 0.6 is 23.1 Å². The summed E-state index contributed by atoms with van der Waals surface area (Å²) in [5.74, 6) is 0. The molecule has 2 heterocycles. The van der Waals surface area contributed by atoms with Gasteiger partial charge in [-0.3, -0.25) is 4.79 Å². The summed E-state index contributed by atoms with van der Waals surface area (Å²) < 4.78 is 0. The van der Waals surface area contributed by atoms with Crippen LogP contribution in [-0.4, -0.2) is 16.3 Å². The number of carbonyl (C=O) groups is 1. The first kappa shape index (κ1) is 9.36. The normalized spacial score (nSPS) is 10.0. The molecule has 0 fully saturated rings. The van der Waals surface area contributed by atoms with E-state index in [1.165, 1.54) is 29.4 Å². The van der Waals surface area contributed by atoms with Gasteiger partial charge < -0.3 is 0 Å². The van der Waals surface area contributed by atoms with E-state index < -0.39 is 0 Å². The predicted octanol–water partition coefficient (Wildman–Crippen LogP) is 2.50. The zero-order valence-electron chi connectivity index (χ0n) is 7.08. The Morgan fingerprint density at radius 1 is 1.50 bits per heavy atom. The quantitative estimate of drug-likeness (QED) is 0.591. The molecule has 0 amide bonds. The molecule has 0 radical (unpaired) electrons. The smallest absolute Gasteiger partial charge is 0.160 e. The van der Waals surface area contributed by atoms with Gasteiger partial charge in [-0.25, -0.2) is 9.97 Å². The van der Waals surface area contributed by atoms with Gasteiger partial charge in [0, 0.05) is 16.5 Å². The first-order valence-corrected chi connectivity index (χ1v) is 5.55. The lowest BCUT2D eigenvalue weighted by Gasteiger charge is -1.94. The third kappa shape index (κ3) is 2.18. The van der Waals surface area contributed by atoms with Crippen LogP contribution in [0.2, 0.25) is 0 Å². The van der Waals surface area contributed by atoms with Crippen molar-refractivity contribution in [3.05, 3.63) is 34.9 Å². The van der Waals surface area contributed by atoms with E-state index in [1.54, 1.807) is 6.20 Å². The molecule has 14 heavy (non-hydrogen) atoms. The zero-order valence-corrected chi connectivity index (χ0v) is 8.72. The van der Waals surface area contributed by atoms with E-state index in [0.29, 0.717) is 0 Å². The zero-order chi connectivity index (χ0) is 9.80. The highest BCUT2D eigenvalue weighted by Crippen LogP contribution is 2.28. The molecular formula is C9H6N2OS2. The molecule has 0 aliphatic carbocycles. The van der Waals surface area contributed by atoms with Gasteiger partial charge in [0.2, 0.25) is 0 Å². The fourth-order valence-corrected chi connectivity index (χ4v) is 2.55. The third-order valence-electron chi connectivity index (χ3n) is 1.49. The average Bonchev–Trinajstić information content (AvgIpc) is 2.67. The van der Waals surface area contributed by atoms with E-state index in [9.17, 15) is 4.79 Å².